The van der Waals surface area contributed by atoms with E-state index in [2.05, 4.69) is 0 Å². The largest absolute Gasteiger partial charge is 0.492 e. The van der Waals surface area contributed by atoms with Crippen molar-refractivity contribution in [3.8, 4) is 5.75 Å². The fourth-order valence-electron chi connectivity index (χ4n) is 1.14. The van der Waals surface area contributed by atoms with Crippen molar-refractivity contribution in [2.75, 3.05) is 6.61 Å². The molecule has 0 radical (unpaired) electrons. The minimum atomic E-state index is -0.410. The second kappa shape index (κ2) is 5.36. The third kappa shape index (κ3) is 3.89. The number of amidine groups is 1. The maximum absolute atomic E-state index is 12.8. The average molecular weight is 259 g/mol. The van der Waals surface area contributed by atoms with Crippen molar-refractivity contribution in [3.05, 3.63) is 29.0 Å². The van der Waals surface area contributed by atoms with Gasteiger partial charge in [-0.1, -0.05) is 25.4 Å². The molecule has 0 unspecified atom stereocenters. The van der Waals surface area contributed by atoms with E-state index in [0.29, 0.717) is 18.8 Å². The summed E-state index contributed by atoms with van der Waals surface area (Å²) in [6, 6.07) is 3.97. The molecule has 0 bridgehead atoms. The maximum atomic E-state index is 12.8. The van der Waals surface area contributed by atoms with Gasteiger partial charge in [0.2, 0.25) is 0 Å². The molecule has 0 atom stereocenters. The van der Waals surface area contributed by atoms with Gasteiger partial charge in [0.1, 0.15) is 11.6 Å². The highest BCUT2D eigenvalue weighted by molar-refractivity contribution is 6.32. The fourth-order valence-corrected chi connectivity index (χ4v) is 1.36. The molecule has 3 nitrogen and oxygen atoms in total. The molecule has 0 aromatic heterocycles. The maximum Gasteiger partial charge on any atom is 0.138 e. The Balaban J connectivity index is 2.54. The predicted octanol–water partition coefficient (Wildman–Crippen LogP) is 3.21. The van der Waals surface area contributed by atoms with Crippen LogP contribution in [0.5, 0.6) is 5.75 Å². The molecule has 17 heavy (non-hydrogen) atoms. The van der Waals surface area contributed by atoms with Crippen LogP contribution in [0.3, 0.4) is 0 Å². The first-order chi connectivity index (χ1) is 7.83. The molecule has 0 aliphatic heterocycles. The van der Waals surface area contributed by atoms with Gasteiger partial charge in [-0.2, -0.15) is 0 Å². The third-order valence-electron chi connectivity index (χ3n) is 2.61. The summed E-state index contributed by atoms with van der Waals surface area (Å²) in [7, 11) is 0. The zero-order chi connectivity index (χ0) is 13.1. The number of nitrogens with two attached hydrogens (primary N) is 1. The Labute approximate surface area is 105 Å². The number of hydrogen-bond donors (Lipinski definition) is 2. The first-order valence-electron chi connectivity index (χ1n) is 5.25. The molecule has 5 heteroatoms. The summed E-state index contributed by atoms with van der Waals surface area (Å²) in [5, 5.41) is 7.64. The zero-order valence-corrected chi connectivity index (χ0v) is 10.6. The van der Waals surface area contributed by atoms with Gasteiger partial charge in [0.15, 0.2) is 0 Å². The molecule has 0 saturated heterocycles. The van der Waals surface area contributed by atoms with Crippen molar-refractivity contribution in [1.29, 1.82) is 5.41 Å². The molecule has 0 spiro atoms. The first kappa shape index (κ1) is 13.8. The summed E-state index contributed by atoms with van der Waals surface area (Å²) >= 11 is 5.81. The Morgan fingerprint density at radius 2 is 2.18 bits per heavy atom. The Kier molecular flexibility index (Phi) is 4.34. The van der Waals surface area contributed by atoms with Crippen LogP contribution in [0.4, 0.5) is 4.39 Å². The average Bonchev–Trinajstić information content (AvgIpc) is 2.21. The molecular formula is C12H16ClFN2O. The van der Waals surface area contributed by atoms with E-state index >= 15 is 0 Å². The van der Waals surface area contributed by atoms with Gasteiger partial charge >= 0.3 is 0 Å². The fraction of sp³-hybridized carbons (Fsp3) is 0.417. The number of hydrogen-bond acceptors (Lipinski definition) is 2. The number of rotatable bonds is 5. The molecule has 1 aromatic rings. The van der Waals surface area contributed by atoms with Gasteiger partial charge in [0, 0.05) is 5.41 Å². The molecule has 0 heterocycles. The van der Waals surface area contributed by atoms with Crippen LogP contribution in [0.15, 0.2) is 18.2 Å². The number of halogens is 2. The van der Waals surface area contributed by atoms with E-state index in [9.17, 15) is 4.39 Å². The van der Waals surface area contributed by atoms with E-state index < -0.39 is 11.2 Å². The van der Waals surface area contributed by atoms with Crippen LogP contribution in [-0.4, -0.2) is 12.4 Å². The second-order valence-electron chi connectivity index (χ2n) is 4.47. The van der Waals surface area contributed by atoms with Gasteiger partial charge in [-0.25, -0.2) is 4.39 Å². The Bertz CT molecular complexity index is 421. The van der Waals surface area contributed by atoms with E-state index in [1.165, 1.54) is 18.2 Å². The molecular weight excluding hydrogens is 243 g/mol. The van der Waals surface area contributed by atoms with E-state index in [-0.39, 0.29) is 10.9 Å². The van der Waals surface area contributed by atoms with E-state index in [1.807, 2.05) is 13.8 Å². The van der Waals surface area contributed by atoms with Crippen molar-refractivity contribution in [1.82, 2.24) is 0 Å². The van der Waals surface area contributed by atoms with Gasteiger partial charge in [-0.3, -0.25) is 5.41 Å². The lowest BCUT2D eigenvalue weighted by molar-refractivity contribution is 0.268. The predicted molar refractivity (Wildman–Crippen MR) is 67.2 cm³/mol. The van der Waals surface area contributed by atoms with Crippen LogP contribution in [0.2, 0.25) is 5.02 Å². The van der Waals surface area contributed by atoms with Gasteiger partial charge in [-0.05, 0) is 24.6 Å². The van der Waals surface area contributed by atoms with Crippen LogP contribution < -0.4 is 10.5 Å². The summed E-state index contributed by atoms with van der Waals surface area (Å²) < 4.78 is 18.2. The number of nitrogens with one attached hydrogen (secondary N) is 1. The standard InChI is InChI=1S/C12H16ClFN2O/c1-12(2,11(15)16)5-6-17-10-4-3-8(14)7-9(10)13/h3-4,7H,5-6H2,1-2H3,(H3,15,16). The Hall–Kier alpha value is -1.29. The lowest BCUT2D eigenvalue weighted by Gasteiger charge is -2.22. The molecule has 0 fully saturated rings. The molecule has 94 valence electrons. The van der Waals surface area contributed by atoms with E-state index in [4.69, 9.17) is 27.5 Å². The third-order valence-corrected chi connectivity index (χ3v) is 2.90. The summed E-state index contributed by atoms with van der Waals surface area (Å²) in [5.74, 6) is 0.158. The van der Waals surface area contributed by atoms with Crippen LogP contribution in [-0.2, 0) is 0 Å². The van der Waals surface area contributed by atoms with E-state index in [1.54, 1.807) is 0 Å². The van der Waals surface area contributed by atoms with Crippen molar-refractivity contribution in [3.63, 3.8) is 0 Å². The Morgan fingerprint density at radius 3 is 2.71 bits per heavy atom. The van der Waals surface area contributed by atoms with Crippen molar-refractivity contribution < 1.29 is 9.13 Å². The van der Waals surface area contributed by atoms with Crippen LogP contribution in [0, 0.1) is 16.6 Å². The smallest absolute Gasteiger partial charge is 0.138 e. The van der Waals surface area contributed by atoms with Crippen LogP contribution >= 0.6 is 11.6 Å². The van der Waals surface area contributed by atoms with Crippen LogP contribution in [0.25, 0.3) is 0 Å². The minimum absolute atomic E-state index is 0.117. The summed E-state index contributed by atoms with van der Waals surface area (Å²) in [5.41, 5.74) is 5.04. The summed E-state index contributed by atoms with van der Waals surface area (Å²) in [6.45, 7) is 4.11. The topological polar surface area (TPSA) is 59.1 Å². The van der Waals surface area contributed by atoms with Gasteiger partial charge in [-0.15, -0.1) is 0 Å². The highest BCUT2D eigenvalue weighted by atomic mass is 35.5. The van der Waals surface area contributed by atoms with Gasteiger partial charge in [0.05, 0.1) is 17.5 Å². The monoisotopic (exact) mass is 258 g/mol. The van der Waals surface area contributed by atoms with Crippen molar-refractivity contribution in [2.24, 2.45) is 11.1 Å². The van der Waals surface area contributed by atoms with Crippen molar-refractivity contribution in [2.45, 2.75) is 20.3 Å². The van der Waals surface area contributed by atoms with E-state index in [0.717, 1.165) is 0 Å². The number of benzene rings is 1. The van der Waals surface area contributed by atoms with Gasteiger partial charge < -0.3 is 10.5 Å². The normalized spacial score (nSPS) is 11.3. The first-order valence-corrected chi connectivity index (χ1v) is 5.63. The molecule has 3 N–H and O–H groups in total. The SMILES string of the molecule is CC(C)(CCOc1ccc(F)cc1Cl)C(=N)N. The minimum Gasteiger partial charge on any atom is -0.492 e. The Morgan fingerprint density at radius 1 is 1.53 bits per heavy atom. The molecule has 1 rings (SSSR count). The highest BCUT2D eigenvalue weighted by Crippen LogP contribution is 2.26. The molecule has 0 aliphatic carbocycles. The van der Waals surface area contributed by atoms with Gasteiger partial charge in [0.25, 0.3) is 0 Å². The number of ether oxygens (including phenoxy) is 1. The quantitative estimate of drug-likeness (QED) is 0.629. The lowest BCUT2D eigenvalue weighted by atomic mass is 9.88. The zero-order valence-electron chi connectivity index (χ0n) is 9.89. The second-order valence-corrected chi connectivity index (χ2v) is 4.88. The van der Waals surface area contributed by atoms with Crippen molar-refractivity contribution >= 4 is 17.4 Å². The molecule has 1 aromatic carbocycles. The summed E-state index contributed by atoms with van der Waals surface area (Å²) in [4.78, 5) is 0. The lowest BCUT2D eigenvalue weighted by Crippen LogP contribution is -2.32. The highest BCUT2D eigenvalue weighted by Gasteiger charge is 2.21. The summed E-state index contributed by atoms with van der Waals surface area (Å²) in [6.07, 6.45) is 0.593. The molecule has 0 saturated carbocycles. The molecule has 0 amide bonds. The van der Waals surface area contributed by atoms with Crippen LogP contribution in [0.1, 0.15) is 20.3 Å². The molecule has 0 aliphatic rings.